The second-order valence-electron chi connectivity index (χ2n) is 10.9. The first kappa shape index (κ1) is 28.8. The Morgan fingerprint density at radius 2 is 1.51 bits per heavy atom. The number of rotatable bonds is 7. The van der Waals surface area contributed by atoms with E-state index in [4.69, 9.17) is 11.6 Å². The van der Waals surface area contributed by atoms with Crippen LogP contribution in [0.1, 0.15) is 55.1 Å². The fourth-order valence-electron chi connectivity index (χ4n) is 4.57. The Morgan fingerprint density at radius 1 is 0.897 bits per heavy atom. The summed E-state index contributed by atoms with van der Waals surface area (Å²) in [4.78, 5) is 25.7. The molecule has 0 aliphatic carbocycles. The van der Waals surface area contributed by atoms with Gasteiger partial charge in [-0.1, -0.05) is 62.7 Å². The normalized spacial score (nSPS) is 15.1. The highest BCUT2D eigenvalue weighted by Gasteiger charge is 2.31. The molecule has 0 aromatic heterocycles. The van der Waals surface area contributed by atoms with Gasteiger partial charge in [-0.3, -0.25) is 9.59 Å². The zero-order valence-corrected chi connectivity index (χ0v) is 24.0. The topological polar surface area (TPSA) is 95.6 Å². The molecule has 4 rings (SSSR count). The lowest BCUT2D eigenvalue weighted by Crippen LogP contribution is -2.41. The summed E-state index contributed by atoms with van der Waals surface area (Å²) < 4.78 is 27.2. The van der Waals surface area contributed by atoms with Gasteiger partial charge in [0.05, 0.1) is 5.75 Å². The van der Waals surface area contributed by atoms with Crippen molar-refractivity contribution < 1.29 is 18.0 Å². The highest BCUT2D eigenvalue weighted by atomic mass is 35.5. The maximum Gasteiger partial charge on any atom is 0.255 e. The molecule has 0 radical (unpaired) electrons. The zero-order valence-electron chi connectivity index (χ0n) is 22.4. The van der Waals surface area contributed by atoms with Gasteiger partial charge in [0.15, 0.2) is 0 Å². The Labute approximate surface area is 235 Å². The quantitative estimate of drug-likeness (QED) is 0.362. The average molecular weight is 568 g/mol. The van der Waals surface area contributed by atoms with Crippen LogP contribution >= 0.6 is 11.6 Å². The first-order valence-electron chi connectivity index (χ1n) is 13.0. The summed E-state index contributed by atoms with van der Waals surface area (Å²) in [5, 5.41) is 6.30. The Balaban J connectivity index is 1.31. The molecule has 0 unspecified atom stereocenters. The van der Waals surface area contributed by atoms with E-state index in [9.17, 15) is 18.0 Å². The van der Waals surface area contributed by atoms with Crippen LogP contribution in [-0.2, 0) is 26.0 Å². The third-order valence-corrected chi connectivity index (χ3v) is 8.94. The minimum absolute atomic E-state index is 0.00336. The fourth-order valence-corrected chi connectivity index (χ4v) is 6.33. The number of nitrogens with one attached hydrogen (secondary N) is 2. The van der Waals surface area contributed by atoms with E-state index in [0.29, 0.717) is 40.4 Å². The van der Waals surface area contributed by atoms with Gasteiger partial charge in [0.1, 0.15) is 0 Å². The lowest BCUT2D eigenvalue weighted by atomic mass is 9.87. The van der Waals surface area contributed by atoms with Crippen LogP contribution in [0.15, 0.2) is 72.8 Å². The van der Waals surface area contributed by atoms with Crippen LogP contribution in [0.5, 0.6) is 0 Å². The zero-order chi connectivity index (χ0) is 28.2. The van der Waals surface area contributed by atoms with Gasteiger partial charge >= 0.3 is 0 Å². The maximum absolute atomic E-state index is 12.9. The van der Waals surface area contributed by atoms with Crippen molar-refractivity contribution in [3.63, 3.8) is 0 Å². The molecule has 206 valence electrons. The van der Waals surface area contributed by atoms with Crippen LogP contribution in [-0.4, -0.2) is 37.6 Å². The average Bonchev–Trinajstić information content (AvgIpc) is 2.88. The number of halogens is 1. The predicted molar refractivity (Wildman–Crippen MR) is 157 cm³/mol. The summed E-state index contributed by atoms with van der Waals surface area (Å²) in [5.41, 5.74) is 3.47. The van der Waals surface area contributed by atoms with E-state index in [2.05, 4.69) is 31.4 Å². The molecule has 2 amide bonds. The standard InChI is InChI=1S/C30H34ClN3O4S/c1-30(2,3)24-12-10-22(11-13-24)28(35)32-26-8-5-9-27(19-26)33-29(36)23-14-16-34(17-15-23)39(37,38)20-21-6-4-7-25(31)18-21/h4-13,18-19,23H,14-17,20H2,1-3H3,(H,32,35)(H,33,36). The second kappa shape index (κ2) is 11.9. The van der Waals surface area contributed by atoms with Gasteiger partial charge in [0, 0.05) is 41.0 Å². The molecule has 1 heterocycles. The fraction of sp³-hybridized carbons (Fsp3) is 0.333. The number of piperidine rings is 1. The Hall–Kier alpha value is -3.20. The van der Waals surface area contributed by atoms with Gasteiger partial charge in [-0.25, -0.2) is 12.7 Å². The molecule has 0 bridgehead atoms. The molecule has 2 N–H and O–H groups in total. The van der Waals surface area contributed by atoms with Crippen LogP contribution in [0.4, 0.5) is 11.4 Å². The van der Waals surface area contributed by atoms with Crippen LogP contribution in [0, 0.1) is 5.92 Å². The number of sulfonamides is 1. The third kappa shape index (κ3) is 7.68. The first-order valence-corrected chi connectivity index (χ1v) is 14.9. The third-order valence-electron chi connectivity index (χ3n) is 6.86. The van der Waals surface area contributed by atoms with Crippen LogP contribution < -0.4 is 10.6 Å². The van der Waals surface area contributed by atoms with E-state index >= 15 is 0 Å². The van der Waals surface area contributed by atoms with Crippen molar-refractivity contribution in [2.24, 2.45) is 5.92 Å². The number of nitrogens with zero attached hydrogens (tertiary/aromatic N) is 1. The molecule has 7 nitrogen and oxygen atoms in total. The highest BCUT2D eigenvalue weighted by Crippen LogP contribution is 2.25. The molecular weight excluding hydrogens is 534 g/mol. The van der Waals surface area contributed by atoms with Crippen molar-refractivity contribution in [1.82, 2.24) is 4.31 Å². The van der Waals surface area contributed by atoms with Crippen molar-refractivity contribution in [3.05, 3.63) is 94.5 Å². The van der Waals surface area contributed by atoms with Gasteiger partial charge in [-0.05, 0) is 71.8 Å². The molecule has 3 aromatic rings. The maximum atomic E-state index is 12.9. The molecule has 39 heavy (non-hydrogen) atoms. The van der Waals surface area contributed by atoms with Gasteiger partial charge in [-0.15, -0.1) is 0 Å². The lowest BCUT2D eigenvalue weighted by Gasteiger charge is -2.30. The van der Waals surface area contributed by atoms with E-state index in [-0.39, 0.29) is 42.0 Å². The number of anilines is 2. The predicted octanol–water partition coefficient (Wildman–Crippen LogP) is 6.07. The number of benzene rings is 3. The minimum atomic E-state index is -3.51. The van der Waals surface area contributed by atoms with Gasteiger partial charge in [-0.2, -0.15) is 0 Å². The summed E-state index contributed by atoms with van der Waals surface area (Å²) in [5.74, 6) is -0.820. The Kier molecular flexibility index (Phi) is 8.79. The van der Waals surface area contributed by atoms with Gasteiger partial charge in [0.2, 0.25) is 15.9 Å². The van der Waals surface area contributed by atoms with E-state index in [1.54, 1.807) is 48.5 Å². The Morgan fingerprint density at radius 3 is 2.13 bits per heavy atom. The molecule has 9 heteroatoms. The van der Waals surface area contributed by atoms with Crippen LogP contribution in [0.25, 0.3) is 0 Å². The number of hydrogen-bond acceptors (Lipinski definition) is 4. The first-order chi connectivity index (χ1) is 18.4. The highest BCUT2D eigenvalue weighted by molar-refractivity contribution is 7.88. The summed E-state index contributed by atoms with van der Waals surface area (Å²) >= 11 is 5.99. The largest absolute Gasteiger partial charge is 0.326 e. The van der Waals surface area contributed by atoms with Crippen molar-refractivity contribution in [3.8, 4) is 0 Å². The summed E-state index contributed by atoms with van der Waals surface area (Å²) in [7, 11) is -3.51. The van der Waals surface area contributed by atoms with E-state index in [1.807, 2.05) is 24.3 Å². The van der Waals surface area contributed by atoms with Crippen molar-refractivity contribution in [2.45, 2.75) is 44.8 Å². The minimum Gasteiger partial charge on any atom is -0.326 e. The second-order valence-corrected chi connectivity index (χ2v) is 13.3. The molecule has 1 fully saturated rings. The number of carbonyl (C=O) groups is 2. The molecule has 0 saturated carbocycles. The molecule has 1 aliphatic heterocycles. The van der Waals surface area contributed by atoms with Crippen LogP contribution in [0.3, 0.4) is 0 Å². The number of carbonyl (C=O) groups excluding carboxylic acids is 2. The smallest absolute Gasteiger partial charge is 0.255 e. The number of hydrogen-bond donors (Lipinski definition) is 2. The van der Waals surface area contributed by atoms with Crippen LogP contribution in [0.2, 0.25) is 5.02 Å². The summed E-state index contributed by atoms with van der Waals surface area (Å²) in [6.45, 7) is 6.93. The van der Waals surface area contributed by atoms with E-state index in [1.165, 1.54) is 4.31 Å². The van der Waals surface area contributed by atoms with Gasteiger partial charge in [0.25, 0.3) is 5.91 Å². The summed E-state index contributed by atoms with van der Waals surface area (Å²) in [6.07, 6.45) is 0.864. The molecular formula is C30H34ClN3O4S. The molecule has 1 aliphatic rings. The van der Waals surface area contributed by atoms with Gasteiger partial charge < -0.3 is 10.6 Å². The van der Waals surface area contributed by atoms with E-state index < -0.39 is 10.0 Å². The monoisotopic (exact) mass is 567 g/mol. The molecule has 0 spiro atoms. The van der Waals surface area contributed by atoms with E-state index in [0.717, 1.165) is 5.56 Å². The number of amides is 2. The van der Waals surface area contributed by atoms with Crippen molar-refractivity contribution in [1.29, 1.82) is 0 Å². The molecule has 1 saturated heterocycles. The Bertz CT molecular complexity index is 1440. The summed E-state index contributed by atoms with van der Waals surface area (Å²) in [6, 6.07) is 21.4. The lowest BCUT2D eigenvalue weighted by molar-refractivity contribution is -0.120. The van der Waals surface area contributed by atoms with Crippen molar-refractivity contribution in [2.75, 3.05) is 23.7 Å². The van der Waals surface area contributed by atoms with Crippen molar-refractivity contribution >= 4 is 44.8 Å². The molecule has 0 atom stereocenters. The SMILES string of the molecule is CC(C)(C)c1ccc(C(=O)Nc2cccc(NC(=O)C3CCN(S(=O)(=O)Cc4cccc(Cl)c4)CC3)c2)cc1. The molecule has 3 aromatic carbocycles.